The number of hydrogen-bond donors (Lipinski definition) is 0. The van der Waals surface area contributed by atoms with Crippen LogP contribution in [0.2, 0.25) is 0 Å². The number of rotatable bonds is 9. The van der Waals surface area contributed by atoms with Gasteiger partial charge in [0, 0.05) is 12.0 Å². The van der Waals surface area contributed by atoms with Gasteiger partial charge in [0.2, 0.25) is 5.82 Å². The van der Waals surface area contributed by atoms with E-state index in [0.717, 1.165) is 25.7 Å². The monoisotopic (exact) mass is 354 g/mol. The van der Waals surface area contributed by atoms with Crippen molar-refractivity contribution < 1.29 is 22.3 Å². The van der Waals surface area contributed by atoms with E-state index in [1.807, 2.05) is 0 Å². The summed E-state index contributed by atoms with van der Waals surface area (Å²) in [6, 6.07) is 7.83. The number of hydrogen-bond acceptors (Lipinski definition) is 1. The Labute approximate surface area is 145 Å². The molecule has 5 heteroatoms. The zero-order chi connectivity index (χ0) is 18.2. The minimum Gasteiger partial charge on any atom is -0.490 e. The molecule has 0 N–H and O–H groups in total. The third-order valence-corrected chi connectivity index (χ3v) is 3.97. The van der Waals surface area contributed by atoms with Crippen LogP contribution in [-0.4, -0.2) is 6.61 Å². The van der Waals surface area contributed by atoms with Crippen molar-refractivity contribution in [2.24, 2.45) is 0 Å². The maximum atomic E-state index is 14.3. The van der Waals surface area contributed by atoms with Gasteiger partial charge in [0.25, 0.3) is 0 Å². The summed E-state index contributed by atoms with van der Waals surface area (Å²) in [5.74, 6) is -3.15. The molecule has 1 atom stereocenters. The third-order valence-electron chi connectivity index (χ3n) is 3.97. The molecule has 1 nitrogen and oxygen atoms in total. The summed E-state index contributed by atoms with van der Waals surface area (Å²) in [5, 5.41) is 0. The first-order valence-electron chi connectivity index (χ1n) is 8.52. The number of alkyl halides is 1. The largest absolute Gasteiger partial charge is 0.490 e. The molecule has 0 radical (unpaired) electrons. The molecule has 2 aromatic carbocycles. The molecule has 0 bridgehead atoms. The topological polar surface area (TPSA) is 9.23 Å². The summed E-state index contributed by atoms with van der Waals surface area (Å²) in [6.45, 7) is 2.36. The molecule has 0 amide bonds. The van der Waals surface area contributed by atoms with Crippen LogP contribution in [-0.2, 0) is 6.42 Å². The Hall–Kier alpha value is -2.04. The minimum atomic E-state index is -1.77. The molecule has 0 aliphatic heterocycles. The molecule has 0 aliphatic carbocycles. The average Bonchev–Trinajstić information content (AvgIpc) is 2.58. The fraction of sp³-hybridized carbons (Fsp3) is 0.400. The van der Waals surface area contributed by atoms with Gasteiger partial charge in [0.15, 0.2) is 11.6 Å². The van der Waals surface area contributed by atoms with Crippen LogP contribution < -0.4 is 4.74 Å². The molecule has 1 unspecified atom stereocenters. The first-order chi connectivity index (χ1) is 12.0. The quantitative estimate of drug-likeness (QED) is 0.378. The van der Waals surface area contributed by atoms with E-state index in [-0.39, 0.29) is 24.3 Å². The van der Waals surface area contributed by atoms with E-state index in [0.29, 0.717) is 5.56 Å². The molecule has 0 aliphatic rings. The predicted molar refractivity (Wildman–Crippen MR) is 89.9 cm³/mol. The SMILES string of the molecule is CCCCCCOc1ccc(C(F)Cc2cccc(F)c2)c(F)c1F. The van der Waals surface area contributed by atoms with Crippen LogP contribution >= 0.6 is 0 Å². The van der Waals surface area contributed by atoms with Gasteiger partial charge in [-0.25, -0.2) is 13.2 Å². The molecule has 136 valence electrons. The van der Waals surface area contributed by atoms with Crippen LogP contribution in [0.4, 0.5) is 17.6 Å². The fourth-order valence-electron chi connectivity index (χ4n) is 2.59. The van der Waals surface area contributed by atoms with Gasteiger partial charge in [-0.3, -0.25) is 0 Å². The number of ether oxygens (including phenoxy) is 1. The highest BCUT2D eigenvalue weighted by molar-refractivity contribution is 5.33. The number of benzene rings is 2. The van der Waals surface area contributed by atoms with Gasteiger partial charge in [-0.2, -0.15) is 4.39 Å². The van der Waals surface area contributed by atoms with E-state index >= 15 is 0 Å². The summed E-state index contributed by atoms with van der Waals surface area (Å²) in [6.07, 6.45) is 1.84. The van der Waals surface area contributed by atoms with Crippen molar-refractivity contribution in [2.75, 3.05) is 6.61 Å². The molecule has 0 heterocycles. The molecular formula is C20H22F4O. The maximum absolute atomic E-state index is 14.3. The van der Waals surface area contributed by atoms with Crippen molar-refractivity contribution in [2.45, 2.75) is 45.2 Å². The second-order valence-electron chi connectivity index (χ2n) is 5.99. The van der Waals surface area contributed by atoms with Crippen LogP contribution in [0.15, 0.2) is 36.4 Å². The minimum absolute atomic E-state index is 0.212. The first kappa shape index (κ1) is 19.3. The molecule has 25 heavy (non-hydrogen) atoms. The zero-order valence-electron chi connectivity index (χ0n) is 14.2. The zero-order valence-corrected chi connectivity index (χ0v) is 14.2. The lowest BCUT2D eigenvalue weighted by Gasteiger charge is -2.13. The van der Waals surface area contributed by atoms with Crippen LogP contribution in [0.25, 0.3) is 0 Å². The lowest BCUT2D eigenvalue weighted by atomic mass is 10.0. The van der Waals surface area contributed by atoms with E-state index in [9.17, 15) is 17.6 Å². The molecule has 0 fully saturated rings. The Morgan fingerprint density at radius 1 is 0.960 bits per heavy atom. The van der Waals surface area contributed by atoms with Gasteiger partial charge in [-0.15, -0.1) is 0 Å². The Kier molecular flexibility index (Phi) is 7.29. The Morgan fingerprint density at radius 2 is 1.76 bits per heavy atom. The second-order valence-corrected chi connectivity index (χ2v) is 5.99. The first-order valence-corrected chi connectivity index (χ1v) is 8.52. The number of halogens is 4. The smallest absolute Gasteiger partial charge is 0.200 e. The Morgan fingerprint density at radius 3 is 2.48 bits per heavy atom. The molecule has 0 saturated heterocycles. The van der Waals surface area contributed by atoms with Gasteiger partial charge >= 0.3 is 0 Å². The summed E-state index contributed by atoms with van der Waals surface area (Å²) < 4.78 is 61.0. The van der Waals surface area contributed by atoms with Gasteiger partial charge in [0.05, 0.1) is 6.61 Å². The summed E-state index contributed by atoms with van der Waals surface area (Å²) in [4.78, 5) is 0. The Bertz CT molecular complexity index is 687. The van der Waals surface area contributed by atoms with E-state index in [1.54, 1.807) is 0 Å². The van der Waals surface area contributed by atoms with E-state index in [1.165, 1.54) is 36.4 Å². The predicted octanol–water partition coefficient (Wildman–Crippen LogP) is 6.32. The summed E-state index contributed by atoms with van der Waals surface area (Å²) >= 11 is 0. The van der Waals surface area contributed by atoms with Crippen molar-refractivity contribution >= 4 is 0 Å². The highest BCUT2D eigenvalue weighted by Gasteiger charge is 2.21. The summed E-state index contributed by atoms with van der Waals surface area (Å²) in [5.41, 5.74) is -0.0105. The van der Waals surface area contributed by atoms with Gasteiger partial charge in [0.1, 0.15) is 12.0 Å². The normalized spacial score (nSPS) is 12.2. The van der Waals surface area contributed by atoms with E-state index < -0.39 is 23.6 Å². The fourth-order valence-corrected chi connectivity index (χ4v) is 2.59. The third kappa shape index (κ3) is 5.48. The van der Waals surface area contributed by atoms with Gasteiger partial charge in [-0.05, 0) is 36.2 Å². The second kappa shape index (κ2) is 9.44. The highest BCUT2D eigenvalue weighted by atomic mass is 19.2. The number of unbranched alkanes of at least 4 members (excludes halogenated alkanes) is 3. The van der Waals surface area contributed by atoms with Crippen LogP contribution in [0.3, 0.4) is 0 Å². The maximum Gasteiger partial charge on any atom is 0.200 e. The van der Waals surface area contributed by atoms with Crippen LogP contribution in [0, 0.1) is 17.5 Å². The van der Waals surface area contributed by atoms with Gasteiger partial charge < -0.3 is 4.74 Å². The molecule has 2 rings (SSSR count). The van der Waals surface area contributed by atoms with Crippen LogP contribution in [0.1, 0.15) is 49.9 Å². The standard InChI is InChI=1S/C20H22F4O/c1-2-3-4-5-11-25-18-10-9-16(19(23)20(18)24)17(22)13-14-7-6-8-15(21)12-14/h6-10,12,17H,2-5,11,13H2,1H3. The lowest BCUT2D eigenvalue weighted by Crippen LogP contribution is -2.06. The van der Waals surface area contributed by atoms with Crippen molar-refractivity contribution in [1.82, 2.24) is 0 Å². The highest BCUT2D eigenvalue weighted by Crippen LogP contribution is 2.30. The van der Waals surface area contributed by atoms with E-state index in [4.69, 9.17) is 4.74 Å². The molecule has 0 saturated carbocycles. The molecule has 0 aromatic heterocycles. The average molecular weight is 354 g/mol. The Balaban J connectivity index is 2.03. The van der Waals surface area contributed by atoms with Crippen molar-refractivity contribution in [3.05, 3.63) is 65.0 Å². The van der Waals surface area contributed by atoms with Crippen molar-refractivity contribution in [1.29, 1.82) is 0 Å². The summed E-state index contributed by atoms with van der Waals surface area (Å²) in [7, 11) is 0. The lowest BCUT2D eigenvalue weighted by molar-refractivity contribution is 0.280. The van der Waals surface area contributed by atoms with Crippen molar-refractivity contribution in [3.8, 4) is 5.75 Å². The van der Waals surface area contributed by atoms with Crippen LogP contribution in [0.5, 0.6) is 5.75 Å². The van der Waals surface area contributed by atoms with Crippen molar-refractivity contribution in [3.63, 3.8) is 0 Å². The molecule has 2 aromatic rings. The molecule has 0 spiro atoms. The molecular weight excluding hydrogens is 332 g/mol. The van der Waals surface area contributed by atoms with Gasteiger partial charge in [-0.1, -0.05) is 38.3 Å². The van der Waals surface area contributed by atoms with E-state index in [2.05, 4.69) is 6.92 Å².